The van der Waals surface area contributed by atoms with E-state index in [1.54, 1.807) is 0 Å². The first kappa shape index (κ1) is 13.9. The second-order valence-corrected chi connectivity index (χ2v) is 6.22. The van der Waals surface area contributed by atoms with Gasteiger partial charge in [0.2, 0.25) is 5.91 Å². The number of hydrogen-bond acceptors (Lipinski definition) is 2. The molecule has 1 N–H and O–H groups in total. The Hall–Kier alpha value is -0.570. The summed E-state index contributed by atoms with van der Waals surface area (Å²) in [6.07, 6.45) is 8.84. The largest absolute Gasteiger partial charge is 0.325 e. The van der Waals surface area contributed by atoms with Crippen LogP contribution < -0.4 is 5.32 Å². The smallest absolute Gasteiger partial charge is 0.243 e. The topological polar surface area (TPSA) is 32.3 Å². The molecule has 3 heteroatoms. The number of nitrogens with zero attached hydrogens (tertiary/aromatic N) is 1. The Morgan fingerprint density at radius 1 is 1.28 bits per heavy atom. The Kier molecular flexibility index (Phi) is 4.31. The molecular weight excluding hydrogens is 224 g/mol. The molecule has 2 fully saturated rings. The summed E-state index contributed by atoms with van der Waals surface area (Å²) in [5.74, 6) is 1.06. The first-order valence-electron chi connectivity index (χ1n) is 7.69. The van der Waals surface area contributed by atoms with E-state index in [2.05, 4.69) is 31.0 Å². The van der Waals surface area contributed by atoms with E-state index in [-0.39, 0.29) is 11.7 Å². The minimum Gasteiger partial charge on any atom is -0.325 e. The lowest BCUT2D eigenvalue weighted by Crippen LogP contribution is -2.43. The van der Waals surface area contributed by atoms with Crippen molar-refractivity contribution in [2.24, 2.45) is 5.92 Å². The number of carbonyl (C=O) groups is 1. The van der Waals surface area contributed by atoms with Crippen molar-refractivity contribution in [3.05, 3.63) is 0 Å². The van der Waals surface area contributed by atoms with E-state index >= 15 is 0 Å². The summed E-state index contributed by atoms with van der Waals surface area (Å²) >= 11 is 0. The Bertz CT molecular complexity index is 299. The highest BCUT2D eigenvalue weighted by atomic mass is 16.2. The average molecular weight is 252 g/mol. The van der Waals surface area contributed by atoms with Crippen LogP contribution in [0.1, 0.15) is 65.7 Å². The van der Waals surface area contributed by atoms with Crippen molar-refractivity contribution in [2.75, 3.05) is 6.54 Å². The number of rotatable bonds is 4. The van der Waals surface area contributed by atoms with E-state index in [0.717, 1.165) is 25.3 Å². The minimum atomic E-state index is -0.324. The lowest BCUT2D eigenvalue weighted by molar-refractivity contribution is -0.133. The lowest BCUT2D eigenvalue weighted by atomic mass is 9.88. The van der Waals surface area contributed by atoms with Gasteiger partial charge in [-0.15, -0.1) is 0 Å². The van der Waals surface area contributed by atoms with Crippen LogP contribution >= 0.6 is 0 Å². The molecule has 18 heavy (non-hydrogen) atoms. The number of nitrogens with one attached hydrogen (secondary N) is 1. The van der Waals surface area contributed by atoms with Crippen molar-refractivity contribution in [3.63, 3.8) is 0 Å². The maximum atomic E-state index is 12.6. The zero-order valence-electron chi connectivity index (χ0n) is 12.2. The molecule has 0 aromatic carbocycles. The van der Waals surface area contributed by atoms with Gasteiger partial charge in [0.1, 0.15) is 0 Å². The quantitative estimate of drug-likeness (QED) is 0.834. The van der Waals surface area contributed by atoms with Gasteiger partial charge in [-0.2, -0.15) is 0 Å². The molecule has 3 nitrogen and oxygen atoms in total. The van der Waals surface area contributed by atoms with Gasteiger partial charge in [0.25, 0.3) is 0 Å². The van der Waals surface area contributed by atoms with E-state index in [1.807, 2.05) is 0 Å². The van der Waals surface area contributed by atoms with E-state index in [0.29, 0.717) is 5.91 Å². The van der Waals surface area contributed by atoms with Crippen molar-refractivity contribution >= 4 is 5.91 Å². The maximum Gasteiger partial charge on any atom is 0.243 e. The third-order valence-electron chi connectivity index (χ3n) is 4.87. The molecule has 1 aliphatic carbocycles. The fraction of sp³-hybridized carbons (Fsp3) is 0.933. The van der Waals surface area contributed by atoms with Crippen LogP contribution in [0.15, 0.2) is 0 Å². The van der Waals surface area contributed by atoms with Crippen molar-refractivity contribution in [1.82, 2.24) is 10.2 Å². The molecule has 2 rings (SSSR count). The molecule has 104 valence electrons. The zero-order valence-corrected chi connectivity index (χ0v) is 12.2. The van der Waals surface area contributed by atoms with E-state index < -0.39 is 0 Å². The van der Waals surface area contributed by atoms with E-state index in [9.17, 15) is 4.79 Å². The third-order valence-corrected chi connectivity index (χ3v) is 4.87. The molecule has 1 aliphatic heterocycles. The fourth-order valence-corrected chi connectivity index (χ4v) is 3.40. The van der Waals surface area contributed by atoms with Crippen LogP contribution in [-0.2, 0) is 4.79 Å². The Morgan fingerprint density at radius 3 is 2.50 bits per heavy atom. The highest BCUT2D eigenvalue weighted by Gasteiger charge is 2.46. The Balaban J connectivity index is 2.03. The van der Waals surface area contributed by atoms with Gasteiger partial charge in [0.05, 0.1) is 11.7 Å². The van der Waals surface area contributed by atoms with Gasteiger partial charge >= 0.3 is 0 Å². The maximum absolute atomic E-state index is 12.6. The normalized spacial score (nSPS) is 34.3. The summed E-state index contributed by atoms with van der Waals surface area (Å²) in [4.78, 5) is 14.7. The van der Waals surface area contributed by atoms with Crippen LogP contribution in [0.3, 0.4) is 0 Å². The second-order valence-electron chi connectivity index (χ2n) is 6.22. The SMILES string of the molecule is CCC1NC(C)(CC)C(=O)N1CC1CCCCC1. The molecule has 0 spiro atoms. The first-order chi connectivity index (χ1) is 8.60. The summed E-state index contributed by atoms with van der Waals surface area (Å²) in [5.41, 5.74) is -0.324. The van der Waals surface area contributed by atoms with Crippen molar-refractivity contribution in [1.29, 1.82) is 0 Å². The predicted octanol–water partition coefficient (Wildman–Crippen LogP) is 2.90. The molecular formula is C15H28N2O. The van der Waals surface area contributed by atoms with Gasteiger partial charge in [-0.1, -0.05) is 33.1 Å². The van der Waals surface area contributed by atoms with Crippen LogP contribution in [0.4, 0.5) is 0 Å². The third kappa shape index (κ3) is 2.56. The van der Waals surface area contributed by atoms with Gasteiger partial charge in [-0.05, 0) is 38.5 Å². The lowest BCUT2D eigenvalue weighted by Gasteiger charge is -2.30. The predicted molar refractivity (Wildman–Crippen MR) is 74.2 cm³/mol. The summed E-state index contributed by atoms with van der Waals surface area (Å²) in [5, 5.41) is 3.53. The molecule has 1 saturated carbocycles. The number of amides is 1. The van der Waals surface area contributed by atoms with E-state index in [1.165, 1.54) is 32.1 Å². The minimum absolute atomic E-state index is 0.254. The first-order valence-corrected chi connectivity index (χ1v) is 7.69. The van der Waals surface area contributed by atoms with Crippen LogP contribution in [0.5, 0.6) is 0 Å². The fourth-order valence-electron chi connectivity index (χ4n) is 3.40. The molecule has 2 aliphatic rings. The summed E-state index contributed by atoms with van der Waals surface area (Å²) in [7, 11) is 0. The standard InChI is InChI=1S/C15H28N2O/c1-4-13-16-15(3,5-2)14(18)17(13)11-12-9-7-6-8-10-12/h12-13,16H,4-11H2,1-3H3. The van der Waals surface area contributed by atoms with Crippen LogP contribution in [0.2, 0.25) is 0 Å². The highest BCUT2D eigenvalue weighted by molar-refractivity contribution is 5.88. The number of hydrogen-bond donors (Lipinski definition) is 1. The zero-order chi connectivity index (χ0) is 13.2. The molecule has 2 unspecified atom stereocenters. The van der Waals surface area contributed by atoms with Crippen LogP contribution in [-0.4, -0.2) is 29.1 Å². The molecule has 0 aromatic rings. The van der Waals surface area contributed by atoms with Gasteiger partial charge in [0.15, 0.2) is 0 Å². The molecule has 0 radical (unpaired) electrons. The molecule has 1 amide bonds. The van der Waals surface area contributed by atoms with Crippen molar-refractivity contribution < 1.29 is 4.79 Å². The highest BCUT2D eigenvalue weighted by Crippen LogP contribution is 2.30. The van der Waals surface area contributed by atoms with Crippen molar-refractivity contribution in [3.8, 4) is 0 Å². The molecule has 1 saturated heterocycles. The molecule has 1 heterocycles. The molecule has 0 aromatic heterocycles. The second kappa shape index (κ2) is 5.60. The van der Waals surface area contributed by atoms with Gasteiger partial charge < -0.3 is 4.90 Å². The molecule has 0 bridgehead atoms. The Morgan fingerprint density at radius 2 is 1.94 bits per heavy atom. The molecule has 2 atom stereocenters. The average Bonchev–Trinajstić information content (AvgIpc) is 2.65. The van der Waals surface area contributed by atoms with E-state index in [4.69, 9.17) is 0 Å². The van der Waals surface area contributed by atoms with Gasteiger partial charge in [-0.3, -0.25) is 10.1 Å². The summed E-state index contributed by atoms with van der Waals surface area (Å²) in [6, 6.07) is 0. The van der Waals surface area contributed by atoms with Crippen LogP contribution in [0, 0.1) is 5.92 Å². The number of carbonyl (C=O) groups excluding carboxylic acids is 1. The van der Waals surface area contributed by atoms with Crippen LogP contribution in [0.25, 0.3) is 0 Å². The summed E-state index contributed by atoms with van der Waals surface area (Å²) in [6.45, 7) is 7.29. The Labute approximate surface area is 111 Å². The van der Waals surface area contributed by atoms with Gasteiger partial charge in [-0.25, -0.2) is 0 Å². The van der Waals surface area contributed by atoms with Gasteiger partial charge in [0, 0.05) is 6.54 Å². The summed E-state index contributed by atoms with van der Waals surface area (Å²) < 4.78 is 0. The monoisotopic (exact) mass is 252 g/mol. The van der Waals surface area contributed by atoms with Crippen molar-refractivity contribution in [2.45, 2.75) is 77.4 Å².